The van der Waals surface area contributed by atoms with Crippen molar-refractivity contribution in [2.75, 3.05) is 23.0 Å². The predicted octanol–water partition coefficient (Wildman–Crippen LogP) is 6.22. The van der Waals surface area contributed by atoms with Crippen molar-refractivity contribution in [1.29, 1.82) is 5.26 Å². The van der Waals surface area contributed by atoms with Gasteiger partial charge in [0.1, 0.15) is 17.6 Å². The molecule has 4 atom stereocenters. The maximum absolute atomic E-state index is 15.4. The monoisotopic (exact) mass is 924 g/mol. The maximum atomic E-state index is 15.4. The van der Waals surface area contributed by atoms with Crippen LogP contribution in [0.2, 0.25) is 0 Å². The van der Waals surface area contributed by atoms with Crippen molar-refractivity contribution in [3.05, 3.63) is 88.4 Å². The molecule has 0 radical (unpaired) electrons. The van der Waals surface area contributed by atoms with Crippen molar-refractivity contribution in [1.82, 2.24) is 25.5 Å². The zero-order valence-electron chi connectivity index (χ0n) is 35.9. The van der Waals surface area contributed by atoms with Crippen LogP contribution in [0.1, 0.15) is 76.3 Å². The van der Waals surface area contributed by atoms with Crippen LogP contribution < -0.4 is 25.2 Å². The molecular weight excluding hydrogens is 877 g/mol. The number of halogens is 4. The number of hydrogen-bond acceptors (Lipinski definition) is 11. The van der Waals surface area contributed by atoms with Crippen LogP contribution in [0.5, 0.6) is 5.88 Å². The quantitative estimate of drug-likeness (QED) is 0.0676. The van der Waals surface area contributed by atoms with E-state index in [1.54, 1.807) is 57.5 Å². The zero-order valence-corrected chi connectivity index (χ0v) is 37.5. The molecule has 0 aliphatic carbocycles. The molecule has 3 amide bonds. The summed E-state index contributed by atoms with van der Waals surface area (Å²) in [5, 5.41) is 36.5. The second-order valence-electron chi connectivity index (χ2n) is 17.2. The number of aryl methyl sites for hydroxylation is 1. The summed E-state index contributed by atoms with van der Waals surface area (Å²) in [7, 11) is 0. The summed E-state index contributed by atoms with van der Waals surface area (Å²) in [6, 6.07) is 11.9. The number of hydrogen-bond donors (Lipinski definition) is 4. The van der Waals surface area contributed by atoms with E-state index >= 15 is 4.39 Å². The second kappa shape index (κ2) is 18.8. The van der Waals surface area contributed by atoms with Gasteiger partial charge in [0.15, 0.2) is 17.2 Å². The van der Waals surface area contributed by atoms with Crippen LogP contribution in [-0.4, -0.2) is 91.0 Å². The number of nitrogens with zero attached hydrogens (tertiary/aromatic N) is 6. The van der Waals surface area contributed by atoms with Crippen LogP contribution in [0.15, 0.2) is 60.2 Å². The number of thiazole rings is 1. The molecule has 6 rings (SSSR count). The van der Waals surface area contributed by atoms with Gasteiger partial charge in [-0.2, -0.15) is 18.4 Å². The average Bonchev–Trinajstić information content (AvgIpc) is 3.89. The largest absolute Gasteiger partial charge is 0.478 e. The van der Waals surface area contributed by atoms with Crippen molar-refractivity contribution >= 4 is 57.8 Å². The standard InChI is InChI=1S/C44H48F4N8O6S2/c1-24-36(64-23-52-24)26-11-9-25(10-12-26)20-51-38(59)31-18-29(57)22-54(31)39(60)37(42(2,3)4)53-32(58)8-7-17-62-33-16-14-28(21-50-33)56-41(63)55(40(61)43(56,5)6)30-15-13-27(19-49)34(35(30)45)44(46,47)48/h9-16,21,23,29,31,37,40,57,61H,7-8,17-18,20,22H2,1-6H3,(H,51,59)(H,53,58)/t29-,31+,37-,40?/m1/s1. The summed E-state index contributed by atoms with van der Waals surface area (Å²) in [5.41, 5.74) is -0.493. The molecule has 2 aromatic heterocycles. The third kappa shape index (κ3) is 9.97. The highest BCUT2D eigenvalue weighted by Gasteiger charge is 2.52. The van der Waals surface area contributed by atoms with E-state index in [4.69, 9.17) is 17.0 Å². The van der Waals surface area contributed by atoms with Crippen LogP contribution in [0.4, 0.5) is 28.9 Å². The van der Waals surface area contributed by atoms with E-state index in [0.717, 1.165) is 38.7 Å². The minimum Gasteiger partial charge on any atom is -0.478 e. The molecule has 14 nitrogen and oxygen atoms in total. The number of carbonyl (C=O) groups excluding carboxylic acids is 3. The number of likely N-dealkylation sites (tertiary alicyclic amines) is 1. The maximum Gasteiger partial charge on any atom is 0.420 e. The molecule has 0 bridgehead atoms. The van der Waals surface area contributed by atoms with E-state index in [9.17, 15) is 43.0 Å². The van der Waals surface area contributed by atoms with Crippen LogP contribution in [-0.2, 0) is 27.1 Å². The van der Waals surface area contributed by atoms with Crippen LogP contribution in [0, 0.1) is 29.5 Å². The number of pyridine rings is 1. The van der Waals surface area contributed by atoms with E-state index < -0.39 is 81.9 Å². The lowest BCUT2D eigenvalue weighted by Gasteiger charge is -2.35. The van der Waals surface area contributed by atoms with Gasteiger partial charge in [-0.3, -0.25) is 19.3 Å². The Balaban J connectivity index is 1.02. The van der Waals surface area contributed by atoms with Crippen LogP contribution >= 0.6 is 23.6 Å². The van der Waals surface area contributed by atoms with Gasteiger partial charge in [0.2, 0.25) is 23.6 Å². The second-order valence-corrected chi connectivity index (χ2v) is 18.4. The number of nitriles is 1. The summed E-state index contributed by atoms with van der Waals surface area (Å²) in [6.45, 7) is 10.6. The molecule has 4 aromatic rings. The summed E-state index contributed by atoms with van der Waals surface area (Å²) >= 11 is 7.09. The zero-order chi connectivity index (χ0) is 46.9. The fourth-order valence-electron chi connectivity index (χ4n) is 7.70. The first-order valence-corrected chi connectivity index (χ1v) is 21.6. The molecule has 1 unspecified atom stereocenters. The number of aromatic nitrogens is 2. The molecule has 2 saturated heterocycles. The molecule has 2 fully saturated rings. The fraction of sp³-hybridized carbons (Fsp3) is 0.432. The van der Waals surface area contributed by atoms with Crippen molar-refractivity contribution in [3.63, 3.8) is 0 Å². The molecule has 2 aliphatic heterocycles. The Morgan fingerprint density at radius 1 is 1.08 bits per heavy atom. The molecular formula is C44H48F4N8O6S2. The Kier molecular flexibility index (Phi) is 14.0. The van der Waals surface area contributed by atoms with Gasteiger partial charge in [0.05, 0.1) is 63.5 Å². The predicted molar refractivity (Wildman–Crippen MR) is 234 cm³/mol. The number of alkyl halides is 3. The van der Waals surface area contributed by atoms with Gasteiger partial charge in [-0.1, -0.05) is 45.0 Å². The Hall–Kier alpha value is -5.75. The highest BCUT2D eigenvalue weighted by Crippen LogP contribution is 2.43. The van der Waals surface area contributed by atoms with Gasteiger partial charge in [0.25, 0.3) is 0 Å². The van der Waals surface area contributed by atoms with Gasteiger partial charge in [0, 0.05) is 32.0 Å². The number of aliphatic hydroxyl groups is 2. The number of carbonyl (C=O) groups is 3. The number of β-amino-alcohol motifs (C(OH)–C–C–N with tert-alkyl or cyclic N) is 1. The normalized spacial score (nSPS) is 19.1. The van der Waals surface area contributed by atoms with Crippen molar-refractivity contribution in [3.8, 4) is 22.4 Å². The van der Waals surface area contributed by atoms with E-state index in [0.29, 0.717) is 5.69 Å². The molecule has 0 saturated carbocycles. The van der Waals surface area contributed by atoms with Crippen molar-refractivity contribution < 1.29 is 46.9 Å². The Bertz CT molecular complexity index is 2440. The summed E-state index contributed by atoms with van der Waals surface area (Å²) in [4.78, 5) is 53.9. The minimum absolute atomic E-state index is 0.0300. The first-order chi connectivity index (χ1) is 30.0. The highest BCUT2D eigenvalue weighted by molar-refractivity contribution is 7.80. The lowest BCUT2D eigenvalue weighted by Crippen LogP contribution is -2.57. The van der Waals surface area contributed by atoms with E-state index in [2.05, 4.69) is 20.6 Å². The fourth-order valence-corrected chi connectivity index (χ4v) is 9.05. The average molecular weight is 925 g/mol. The SMILES string of the molecule is Cc1ncsc1-c1ccc(CNC(=O)[C@@H]2C[C@@H](O)CN2C(=O)[C@@H](NC(=O)CCCOc2ccc(N3C(=S)N(c4ccc(C#N)c(C(F)(F)F)c4F)C(O)C3(C)C)cn2)C(C)(C)C)cc1. The van der Waals surface area contributed by atoms with Crippen molar-refractivity contribution in [2.45, 2.75) is 103 Å². The molecule has 0 spiro atoms. The first kappa shape index (κ1) is 47.7. The van der Waals surface area contributed by atoms with Gasteiger partial charge >= 0.3 is 6.18 Å². The number of thiocarbonyl (C=S) groups is 1. The number of aliphatic hydroxyl groups excluding tert-OH is 2. The molecule has 2 aliphatic rings. The van der Waals surface area contributed by atoms with E-state index in [-0.39, 0.29) is 50.0 Å². The molecule has 4 heterocycles. The Morgan fingerprint density at radius 3 is 2.38 bits per heavy atom. The summed E-state index contributed by atoms with van der Waals surface area (Å²) in [5.74, 6) is -2.95. The third-order valence-electron chi connectivity index (χ3n) is 11.1. The van der Waals surface area contributed by atoms with Gasteiger partial charge in [-0.05, 0) is 74.2 Å². The van der Waals surface area contributed by atoms with Gasteiger partial charge < -0.3 is 35.4 Å². The number of benzene rings is 2. The third-order valence-corrected chi connectivity index (χ3v) is 12.5. The number of amides is 3. The Morgan fingerprint density at radius 2 is 1.78 bits per heavy atom. The summed E-state index contributed by atoms with van der Waals surface area (Å²) < 4.78 is 62.5. The van der Waals surface area contributed by atoms with E-state index in [1.165, 1.54) is 28.1 Å². The number of anilines is 2. The smallest absolute Gasteiger partial charge is 0.420 e. The van der Waals surface area contributed by atoms with Gasteiger partial charge in [-0.25, -0.2) is 14.4 Å². The topological polar surface area (TPSA) is 184 Å². The molecule has 64 heavy (non-hydrogen) atoms. The molecule has 4 N–H and O–H groups in total. The highest BCUT2D eigenvalue weighted by atomic mass is 32.1. The number of nitrogens with one attached hydrogen (secondary N) is 2. The van der Waals surface area contributed by atoms with Crippen LogP contribution in [0.3, 0.4) is 0 Å². The Labute approximate surface area is 376 Å². The first-order valence-electron chi connectivity index (χ1n) is 20.3. The molecule has 340 valence electrons. The van der Waals surface area contributed by atoms with Crippen LogP contribution in [0.25, 0.3) is 10.4 Å². The molecule has 20 heteroatoms. The minimum atomic E-state index is -5.19. The van der Waals surface area contributed by atoms with Crippen molar-refractivity contribution in [2.24, 2.45) is 5.41 Å². The summed E-state index contributed by atoms with van der Waals surface area (Å²) in [6.07, 6.45) is -6.13. The lowest BCUT2D eigenvalue weighted by atomic mass is 9.85. The molecule has 2 aromatic carbocycles. The lowest BCUT2D eigenvalue weighted by molar-refractivity contribution is -0.144. The number of rotatable bonds is 13. The number of ether oxygens (including phenoxy) is 1. The van der Waals surface area contributed by atoms with Gasteiger partial charge in [-0.15, -0.1) is 11.3 Å². The van der Waals surface area contributed by atoms with E-state index in [1.807, 2.05) is 31.2 Å².